The summed E-state index contributed by atoms with van der Waals surface area (Å²) in [6, 6.07) is 60.8. The van der Waals surface area contributed by atoms with Crippen LogP contribution in [-0.2, 0) is 0 Å². The first kappa shape index (κ1) is 29.8. The highest BCUT2D eigenvalue weighted by Gasteiger charge is 2.21. The molecule has 0 spiro atoms. The SMILES string of the molecule is Cc1cccc(-c2ccc(Nc3ccccc3N(c3ccccc3)c3ccccc3)c(-c3cccc(C)c3)c2-c2cccc(C)c2)c1. The third-order valence-electron chi connectivity index (χ3n) is 8.59. The lowest BCUT2D eigenvalue weighted by atomic mass is 9.85. The zero-order chi connectivity index (χ0) is 32.2. The molecule has 0 aliphatic heterocycles. The normalized spacial score (nSPS) is 10.9. The van der Waals surface area contributed by atoms with E-state index in [0.717, 1.165) is 28.4 Å². The van der Waals surface area contributed by atoms with E-state index in [0.29, 0.717) is 0 Å². The number of anilines is 5. The number of benzene rings is 7. The van der Waals surface area contributed by atoms with E-state index in [4.69, 9.17) is 0 Å². The van der Waals surface area contributed by atoms with Gasteiger partial charge < -0.3 is 10.2 Å². The second-order valence-electron chi connectivity index (χ2n) is 12.2. The molecule has 0 unspecified atom stereocenters. The van der Waals surface area contributed by atoms with Gasteiger partial charge >= 0.3 is 0 Å². The molecule has 0 aliphatic carbocycles. The van der Waals surface area contributed by atoms with Crippen LogP contribution in [0.15, 0.2) is 170 Å². The zero-order valence-corrected chi connectivity index (χ0v) is 27.1. The van der Waals surface area contributed by atoms with Gasteiger partial charge in [-0.15, -0.1) is 0 Å². The molecule has 0 aromatic heterocycles. The molecule has 0 radical (unpaired) electrons. The molecule has 0 saturated heterocycles. The molecular weight excluding hydrogens is 569 g/mol. The molecule has 0 saturated carbocycles. The van der Waals surface area contributed by atoms with Crippen LogP contribution in [0.2, 0.25) is 0 Å². The summed E-state index contributed by atoms with van der Waals surface area (Å²) in [5, 5.41) is 3.95. The number of hydrogen-bond donors (Lipinski definition) is 1. The number of rotatable bonds is 8. The topological polar surface area (TPSA) is 15.3 Å². The van der Waals surface area contributed by atoms with E-state index in [-0.39, 0.29) is 0 Å². The van der Waals surface area contributed by atoms with Crippen LogP contribution in [0, 0.1) is 20.8 Å². The predicted octanol–water partition coefficient (Wildman–Crippen LogP) is 12.8. The summed E-state index contributed by atoms with van der Waals surface area (Å²) in [5.41, 5.74) is 16.2. The molecule has 7 aromatic rings. The number of para-hydroxylation sites is 4. The average Bonchev–Trinajstić information content (AvgIpc) is 3.10. The maximum atomic E-state index is 3.95. The van der Waals surface area contributed by atoms with E-state index in [1.54, 1.807) is 0 Å². The van der Waals surface area contributed by atoms with E-state index in [9.17, 15) is 0 Å². The highest BCUT2D eigenvalue weighted by atomic mass is 15.2. The van der Waals surface area contributed by atoms with Crippen LogP contribution in [0.5, 0.6) is 0 Å². The highest BCUT2D eigenvalue weighted by molar-refractivity contribution is 6.02. The van der Waals surface area contributed by atoms with Crippen molar-refractivity contribution in [2.45, 2.75) is 20.8 Å². The molecule has 0 heterocycles. The van der Waals surface area contributed by atoms with Gasteiger partial charge in [0.05, 0.1) is 11.4 Å². The summed E-state index contributed by atoms with van der Waals surface area (Å²) < 4.78 is 0. The molecule has 1 N–H and O–H groups in total. The first-order valence-corrected chi connectivity index (χ1v) is 16.2. The summed E-state index contributed by atoms with van der Waals surface area (Å²) in [5.74, 6) is 0. The van der Waals surface area contributed by atoms with Crippen molar-refractivity contribution in [1.29, 1.82) is 0 Å². The fraction of sp³-hybridized carbons (Fsp3) is 0.0667. The van der Waals surface area contributed by atoms with Gasteiger partial charge in [-0.05, 0) is 91.1 Å². The second kappa shape index (κ2) is 13.2. The zero-order valence-electron chi connectivity index (χ0n) is 27.1. The summed E-state index contributed by atoms with van der Waals surface area (Å²) in [7, 11) is 0. The number of nitrogens with one attached hydrogen (secondary N) is 1. The average molecular weight is 607 g/mol. The van der Waals surface area contributed by atoms with Gasteiger partial charge in [0.1, 0.15) is 0 Å². The quantitative estimate of drug-likeness (QED) is 0.185. The van der Waals surface area contributed by atoms with Crippen LogP contribution in [0.1, 0.15) is 16.7 Å². The molecule has 228 valence electrons. The van der Waals surface area contributed by atoms with Crippen molar-refractivity contribution in [1.82, 2.24) is 0 Å². The van der Waals surface area contributed by atoms with E-state index in [2.05, 4.69) is 201 Å². The van der Waals surface area contributed by atoms with Crippen LogP contribution in [0.3, 0.4) is 0 Å². The minimum atomic E-state index is 1.02. The van der Waals surface area contributed by atoms with E-state index >= 15 is 0 Å². The van der Waals surface area contributed by atoms with E-state index in [1.165, 1.54) is 50.1 Å². The Morgan fingerprint density at radius 3 is 1.45 bits per heavy atom. The highest BCUT2D eigenvalue weighted by Crippen LogP contribution is 2.47. The van der Waals surface area contributed by atoms with Gasteiger partial charge in [-0.3, -0.25) is 0 Å². The van der Waals surface area contributed by atoms with Gasteiger partial charge in [0.2, 0.25) is 0 Å². The first-order chi connectivity index (χ1) is 23.0. The molecule has 0 bridgehead atoms. The molecule has 47 heavy (non-hydrogen) atoms. The van der Waals surface area contributed by atoms with Crippen molar-refractivity contribution in [2.24, 2.45) is 0 Å². The Kier molecular flexibility index (Phi) is 8.41. The molecule has 0 atom stereocenters. The Balaban J connectivity index is 1.48. The summed E-state index contributed by atoms with van der Waals surface area (Å²) >= 11 is 0. The molecule has 0 amide bonds. The van der Waals surface area contributed by atoms with Crippen molar-refractivity contribution >= 4 is 28.4 Å². The third-order valence-corrected chi connectivity index (χ3v) is 8.59. The molecule has 7 aromatic carbocycles. The molecular formula is C45H38N2. The van der Waals surface area contributed by atoms with Gasteiger partial charge in [0.25, 0.3) is 0 Å². The summed E-state index contributed by atoms with van der Waals surface area (Å²) in [6.07, 6.45) is 0. The standard InChI is InChI=1S/C45H38N2/c1-32-15-12-18-35(29-32)40-27-28-42(45(37-20-14-17-34(3)31-37)44(40)36-19-13-16-33(2)30-36)46-41-25-10-11-26-43(41)47(38-21-6-4-7-22-38)39-23-8-5-9-24-39/h4-31,46H,1-3H3. The van der Waals surface area contributed by atoms with Crippen molar-refractivity contribution < 1.29 is 0 Å². The van der Waals surface area contributed by atoms with Crippen molar-refractivity contribution in [3.05, 3.63) is 187 Å². The van der Waals surface area contributed by atoms with Crippen LogP contribution < -0.4 is 10.2 Å². The Hall–Kier alpha value is -5.86. The van der Waals surface area contributed by atoms with Crippen LogP contribution in [-0.4, -0.2) is 0 Å². The Morgan fingerprint density at radius 2 is 0.872 bits per heavy atom. The van der Waals surface area contributed by atoms with Crippen LogP contribution >= 0.6 is 0 Å². The smallest absolute Gasteiger partial charge is 0.0696 e. The molecule has 2 nitrogen and oxygen atoms in total. The van der Waals surface area contributed by atoms with E-state index < -0.39 is 0 Å². The first-order valence-electron chi connectivity index (χ1n) is 16.2. The Morgan fingerprint density at radius 1 is 0.383 bits per heavy atom. The molecule has 0 fully saturated rings. The van der Waals surface area contributed by atoms with E-state index in [1.807, 2.05) is 0 Å². The monoisotopic (exact) mass is 606 g/mol. The van der Waals surface area contributed by atoms with Gasteiger partial charge in [0.15, 0.2) is 0 Å². The molecule has 2 heteroatoms. The summed E-state index contributed by atoms with van der Waals surface area (Å²) in [4.78, 5) is 2.32. The fourth-order valence-corrected chi connectivity index (χ4v) is 6.46. The largest absolute Gasteiger partial charge is 0.353 e. The Bertz CT molecular complexity index is 2110. The predicted molar refractivity (Wildman–Crippen MR) is 201 cm³/mol. The lowest BCUT2D eigenvalue weighted by Gasteiger charge is -2.28. The fourth-order valence-electron chi connectivity index (χ4n) is 6.46. The molecule has 7 rings (SSSR count). The van der Waals surface area contributed by atoms with Crippen molar-refractivity contribution in [2.75, 3.05) is 10.2 Å². The van der Waals surface area contributed by atoms with Crippen LogP contribution in [0.25, 0.3) is 33.4 Å². The second-order valence-corrected chi connectivity index (χ2v) is 12.2. The maximum absolute atomic E-state index is 3.95. The lowest BCUT2D eigenvalue weighted by Crippen LogP contribution is -2.12. The maximum Gasteiger partial charge on any atom is 0.0696 e. The third kappa shape index (κ3) is 6.32. The van der Waals surface area contributed by atoms with Gasteiger partial charge in [-0.2, -0.15) is 0 Å². The molecule has 0 aliphatic rings. The minimum absolute atomic E-state index is 1.02. The number of aryl methyl sites for hydroxylation is 3. The van der Waals surface area contributed by atoms with Gasteiger partial charge in [-0.25, -0.2) is 0 Å². The number of nitrogens with zero attached hydrogens (tertiary/aromatic N) is 1. The van der Waals surface area contributed by atoms with Crippen molar-refractivity contribution in [3.63, 3.8) is 0 Å². The Labute approximate surface area is 278 Å². The van der Waals surface area contributed by atoms with Gasteiger partial charge in [0, 0.05) is 22.6 Å². The number of hydrogen-bond acceptors (Lipinski definition) is 2. The lowest BCUT2D eigenvalue weighted by molar-refractivity contribution is 1.28. The minimum Gasteiger partial charge on any atom is -0.353 e. The van der Waals surface area contributed by atoms with Crippen LogP contribution in [0.4, 0.5) is 28.4 Å². The van der Waals surface area contributed by atoms with Gasteiger partial charge in [-0.1, -0.05) is 144 Å². The van der Waals surface area contributed by atoms with Crippen molar-refractivity contribution in [3.8, 4) is 33.4 Å². The summed E-state index contributed by atoms with van der Waals surface area (Å²) in [6.45, 7) is 6.50.